The second kappa shape index (κ2) is 8.94. The Morgan fingerprint density at radius 1 is 1.45 bits per heavy atom. The minimum Gasteiger partial charge on any atom is -0.483 e. The lowest BCUT2D eigenvalue weighted by Crippen LogP contribution is -2.29. The van der Waals surface area contributed by atoms with E-state index in [1.54, 1.807) is 0 Å². The smallest absolute Gasteiger partial charge is 0.257 e. The third-order valence-corrected chi connectivity index (χ3v) is 2.70. The van der Waals surface area contributed by atoms with E-state index in [0.717, 1.165) is 17.7 Å². The molecule has 0 aliphatic heterocycles. The summed E-state index contributed by atoms with van der Waals surface area (Å²) in [6.07, 6.45) is 0.307. The largest absolute Gasteiger partial charge is 0.483 e. The second-order valence-electron chi connectivity index (χ2n) is 4.44. The summed E-state index contributed by atoms with van der Waals surface area (Å²) in [7, 11) is 0. The van der Waals surface area contributed by atoms with Crippen molar-refractivity contribution in [3.05, 3.63) is 29.3 Å². The Hall–Kier alpha value is -2.06. The average molecular weight is 275 g/mol. The summed E-state index contributed by atoms with van der Waals surface area (Å²) in [6, 6.07) is 7.85. The molecule has 1 aromatic rings. The number of rotatable bonds is 8. The molecule has 2 N–H and O–H groups in total. The Labute approximate surface area is 119 Å². The van der Waals surface area contributed by atoms with E-state index in [1.807, 2.05) is 38.1 Å². The van der Waals surface area contributed by atoms with Crippen LogP contribution in [-0.2, 0) is 11.3 Å². The molecule has 0 unspecified atom stereocenters. The number of amides is 1. The maximum Gasteiger partial charge on any atom is 0.257 e. The Morgan fingerprint density at radius 2 is 2.25 bits per heavy atom. The highest BCUT2D eigenvalue weighted by molar-refractivity contribution is 5.77. The van der Waals surface area contributed by atoms with Crippen LogP contribution in [0.4, 0.5) is 0 Å². The quantitative estimate of drug-likeness (QED) is 0.705. The van der Waals surface area contributed by atoms with Crippen molar-refractivity contribution in [1.82, 2.24) is 10.6 Å². The molecule has 0 saturated heterocycles. The second-order valence-corrected chi connectivity index (χ2v) is 4.44. The molecule has 0 fully saturated rings. The zero-order valence-electron chi connectivity index (χ0n) is 12.0. The van der Waals surface area contributed by atoms with Crippen LogP contribution < -0.4 is 15.4 Å². The fourth-order valence-electron chi connectivity index (χ4n) is 1.70. The van der Waals surface area contributed by atoms with Gasteiger partial charge in [0.05, 0.1) is 12.5 Å². The van der Waals surface area contributed by atoms with Crippen LogP contribution in [0, 0.1) is 18.3 Å². The van der Waals surface area contributed by atoms with Crippen molar-refractivity contribution in [2.24, 2.45) is 0 Å². The fourth-order valence-corrected chi connectivity index (χ4v) is 1.70. The molecule has 0 atom stereocenters. The summed E-state index contributed by atoms with van der Waals surface area (Å²) in [6.45, 7) is 5.98. The van der Waals surface area contributed by atoms with Gasteiger partial charge in [-0.1, -0.05) is 24.6 Å². The normalized spacial score (nSPS) is 9.85. The molecule has 0 bridgehead atoms. The lowest BCUT2D eigenvalue weighted by atomic mass is 10.1. The number of ether oxygens (including phenoxy) is 1. The topological polar surface area (TPSA) is 74.2 Å². The highest BCUT2D eigenvalue weighted by Crippen LogP contribution is 2.19. The summed E-state index contributed by atoms with van der Waals surface area (Å²) in [4.78, 5) is 11.5. The van der Waals surface area contributed by atoms with E-state index >= 15 is 0 Å². The van der Waals surface area contributed by atoms with Gasteiger partial charge in [-0.05, 0) is 19.5 Å². The first-order valence-electron chi connectivity index (χ1n) is 6.74. The van der Waals surface area contributed by atoms with E-state index in [2.05, 4.69) is 10.6 Å². The van der Waals surface area contributed by atoms with Crippen LogP contribution >= 0.6 is 0 Å². The highest BCUT2D eigenvalue weighted by Gasteiger charge is 2.07. The molecule has 0 heterocycles. The van der Waals surface area contributed by atoms with Crippen LogP contribution in [0.2, 0.25) is 0 Å². The molecule has 108 valence electrons. The zero-order chi connectivity index (χ0) is 14.8. The van der Waals surface area contributed by atoms with Gasteiger partial charge >= 0.3 is 0 Å². The molecule has 0 aliphatic rings. The first kappa shape index (κ1) is 16.0. The number of nitriles is 1. The van der Waals surface area contributed by atoms with E-state index in [9.17, 15) is 4.79 Å². The van der Waals surface area contributed by atoms with Crippen molar-refractivity contribution < 1.29 is 9.53 Å². The third-order valence-electron chi connectivity index (χ3n) is 2.70. The predicted octanol–water partition coefficient (Wildman–Crippen LogP) is 1.51. The number of hydrogen-bond donors (Lipinski definition) is 2. The number of benzene rings is 1. The molecule has 20 heavy (non-hydrogen) atoms. The molecule has 0 spiro atoms. The molecule has 0 aromatic heterocycles. The summed E-state index contributed by atoms with van der Waals surface area (Å²) < 4.78 is 5.55. The summed E-state index contributed by atoms with van der Waals surface area (Å²) >= 11 is 0. The van der Waals surface area contributed by atoms with Gasteiger partial charge in [-0.2, -0.15) is 5.26 Å². The average Bonchev–Trinajstić information content (AvgIpc) is 2.44. The minimum atomic E-state index is -0.213. The maximum atomic E-state index is 11.5. The van der Waals surface area contributed by atoms with Crippen molar-refractivity contribution in [1.29, 1.82) is 5.26 Å². The van der Waals surface area contributed by atoms with Crippen molar-refractivity contribution in [3.63, 3.8) is 0 Å². The fraction of sp³-hybridized carbons (Fsp3) is 0.467. The van der Waals surface area contributed by atoms with Crippen molar-refractivity contribution >= 4 is 5.91 Å². The Bertz CT molecular complexity index is 480. The maximum absolute atomic E-state index is 11.5. The first-order chi connectivity index (χ1) is 9.67. The van der Waals surface area contributed by atoms with Gasteiger partial charge in [0.1, 0.15) is 5.75 Å². The number of aryl methyl sites for hydroxylation is 1. The Kier molecular flexibility index (Phi) is 7.15. The van der Waals surface area contributed by atoms with Gasteiger partial charge in [0, 0.05) is 18.7 Å². The van der Waals surface area contributed by atoms with Crippen LogP contribution in [0.25, 0.3) is 0 Å². The molecule has 1 aromatic carbocycles. The van der Waals surface area contributed by atoms with Gasteiger partial charge in [-0.25, -0.2) is 0 Å². The van der Waals surface area contributed by atoms with Crippen LogP contribution in [0.3, 0.4) is 0 Å². The number of carbonyl (C=O) groups is 1. The SMILES string of the molecule is CCNCc1cc(C)ccc1OCC(=O)NCCC#N. The van der Waals surface area contributed by atoms with Gasteiger partial charge in [0.15, 0.2) is 6.61 Å². The highest BCUT2D eigenvalue weighted by atomic mass is 16.5. The van der Waals surface area contributed by atoms with Gasteiger partial charge in [-0.15, -0.1) is 0 Å². The standard InChI is InChI=1S/C15H21N3O2/c1-3-17-10-13-9-12(2)5-6-14(13)20-11-15(19)18-8-4-7-16/h5-6,9,17H,3-4,8,10-11H2,1-2H3,(H,18,19). The van der Waals surface area contributed by atoms with E-state index in [4.69, 9.17) is 10.00 Å². The molecular weight excluding hydrogens is 254 g/mol. The molecular formula is C15H21N3O2. The van der Waals surface area contributed by atoms with E-state index in [0.29, 0.717) is 25.3 Å². The predicted molar refractivity (Wildman–Crippen MR) is 77.3 cm³/mol. The van der Waals surface area contributed by atoms with E-state index in [-0.39, 0.29) is 12.5 Å². The van der Waals surface area contributed by atoms with Gasteiger partial charge < -0.3 is 15.4 Å². The van der Waals surface area contributed by atoms with E-state index in [1.165, 1.54) is 0 Å². The Balaban J connectivity index is 2.54. The monoisotopic (exact) mass is 275 g/mol. The molecule has 0 saturated carbocycles. The lowest BCUT2D eigenvalue weighted by molar-refractivity contribution is -0.123. The van der Waals surface area contributed by atoms with Gasteiger partial charge in [0.25, 0.3) is 5.91 Å². The number of nitrogens with one attached hydrogen (secondary N) is 2. The number of carbonyl (C=O) groups excluding carboxylic acids is 1. The summed E-state index contributed by atoms with van der Waals surface area (Å²) in [5.74, 6) is 0.502. The summed E-state index contributed by atoms with van der Waals surface area (Å²) in [5, 5.41) is 14.3. The van der Waals surface area contributed by atoms with Crippen LogP contribution in [0.15, 0.2) is 18.2 Å². The van der Waals surface area contributed by atoms with Gasteiger partial charge in [-0.3, -0.25) is 4.79 Å². The number of nitrogens with zero attached hydrogens (tertiary/aromatic N) is 1. The number of hydrogen-bond acceptors (Lipinski definition) is 4. The van der Waals surface area contributed by atoms with Crippen LogP contribution in [-0.4, -0.2) is 25.6 Å². The first-order valence-corrected chi connectivity index (χ1v) is 6.74. The van der Waals surface area contributed by atoms with Gasteiger partial charge in [0.2, 0.25) is 0 Å². The van der Waals surface area contributed by atoms with Crippen molar-refractivity contribution in [2.45, 2.75) is 26.8 Å². The molecule has 5 heteroatoms. The summed E-state index contributed by atoms with van der Waals surface area (Å²) in [5.41, 5.74) is 2.19. The molecule has 0 radical (unpaired) electrons. The zero-order valence-corrected chi connectivity index (χ0v) is 12.0. The third kappa shape index (κ3) is 5.72. The van der Waals surface area contributed by atoms with Crippen molar-refractivity contribution in [2.75, 3.05) is 19.7 Å². The van der Waals surface area contributed by atoms with E-state index < -0.39 is 0 Å². The Morgan fingerprint density at radius 3 is 2.95 bits per heavy atom. The van der Waals surface area contributed by atoms with Crippen LogP contribution in [0.5, 0.6) is 5.75 Å². The van der Waals surface area contributed by atoms with Crippen molar-refractivity contribution in [3.8, 4) is 11.8 Å². The minimum absolute atomic E-state index is 0.0341. The molecule has 1 rings (SSSR count). The van der Waals surface area contributed by atoms with Crippen LogP contribution in [0.1, 0.15) is 24.5 Å². The molecule has 5 nitrogen and oxygen atoms in total. The molecule has 0 aliphatic carbocycles. The lowest BCUT2D eigenvalue weighted by Gasteiger charge is -2.12. The molecule has 1 amide bonds.